The van der Waals surface area contributed by atoms with E-state index < -0.39 is 5.91 Å². The highest BCUT2D eigenvalue weighted by atomic mass is 16.5. The van der Waals surface area contributed by atoms with E-state index in [9.17, 15) is 4.79 Å². The highest BCUT2D eigenvalue weighted by molar-refractivity contribution is 5.80. The number of hydrogen-bond donors (Lipinski definition) is 2. The van der Waals surface area contributed by atoms with Gasteiger partial charge >= 0.3 is 0 Å². The average Bonchev–Trinajstić information content (AvgIpc) is 3.07. The summed E-state index contributed by atoms with van der Waals surface area (Å²) < 4.78 is 5.39. The molecule has 148 valence electrons. The van der Waals surface area contributed by atoms with Crippen LogP contribution >= 0.6 is 0 Å². The third kappa shape index (κ3) is 5.37. The number of rotatable bonds is 6. The second kappa shape index (κ2) is 9.11. The predicted molar refractivity (Wildman–Crippen MR) is 108 cm³/mol. The van der Waals surface area contributed by atoms with Gasteiger partial charge in [-0.1, -0.05) is 31.4 Å². The van der Waals surface area contributed by atoms with Gasteiger partial charge in [0.25, 0.3) is 5.91 Å². The summed E-state index contributed by atoms with van der Waals surface area (Å²) in [6, 6.07) is 7.69. The van der Waals surface area contributed by atoms with Crippen LogP contribution in [0.3, 0.4) is 0 Å². The van der Waals surface area contributed by atoms with Crippen LogP contribution in [0.2, 0.25) is 0 Å². The summed E-state index contributed by atoms with van der Waals surface area (Å²) in [7, 11) is 0. The average molecular weight is 373 g/mol. The second-order valence-electron chi connectivity index (χ2n) is 7.80. The zero-order valence-corrected chi connectivity index (χ0v) is 16.4. The van der Waals surface area contributed by atoms with E-state index in [-0.39, 0.29) is 6.61 Å². The first-order valence-electron chi connectivity index (χ1n) is 10.1. The molecule has 1 aromatic carbocycles. The lowest BCUT2D eigenvalue weighted by molar-refractivity contribution is -0.119. The van der Waals surface area contributed by atoms with E-state index in [4.69, 9.17) is 15.5 Å². The Kier molecular flexibility index (Phi) is 6.58. The van der Waals surface area contributed by atoms with Crippen LogP contribution < -0.4 is 15.8 Å². The van der Waals surface area contributed by atoms with E-state index in [1.807, 2.05) is 24.3 Å². The monoisotopic (exact) mass is 372 g/mol. The quantitative estimate of drug-likeness (QED) is 0.594. The number of nitrogens with one attached hydrogen (secondary N) is 1. The van der Waals surface area contributed by atoms with E-state index in [1.54, 1.807) is 0 Å². The maximum absolute atomic E-state index is 10.9. The molecule has 2 aliphatic rings. The first-order valence-corrected chi connectivity index (χ1v) is 10.1. The first kappa shape index (κ1) is 19.5. The Bertz CT molecular complexity index is 668. The van der Waals surface area contributed by atoms with Gasteiger partial charge < -0.3 is 20.7 Å². The number of guanidine groups is 1. The third-order valence-electron chi connectivity index (χ3n) is 5.68. The van der Waals surface area contributed by atoms with Crippen molar-refractivity contribution in [2.24, 2.45) is 16.1 Å². The van der Waals surface area contributed by atoms with Crippen molar-refractivity contribution in [1.29, 1.82) is 0 Å². The van der Waals surface area contributed by atoms with Gasteiger partial charge in [0.2, 0.25) is 0 Å². The molecule has 0 bridgehead atoms. The largest absolute Gasteiger partial charge is 0.484 e. The van der Waals surface area contributed by atoms with Gasteiger partial charge in [0.15, 0.2) is 12.6 Å². The maximum atomic E-state index is 10.9. The van der Waals surface area contributed by atoms with Crippen LogP contribution in [0.4, 0.5) is 0 Å². The zero-order chi connectivity index (χ0) is 19.1. The number of likely N-dealkylation sites (tertiary alicyclic amines) is 1. The number of ether oxygens (including phenoxy) is 1. The molecule has 1 aliphatic heterocycles. The van der Waals surface area contributed by atoms with E-state index in [1.165, 1.54) is 38.5 Å². The van der Waals surface area contributed by atoms with Crippen LogP contribution in [-0.4, -0.2) is 43.0 Å². The molecule has 1 spiro atoms. The minimum absolute atomic E-state index is 0.106. The van der Waals surface area contributed by atoms with Crippen molar-refractivity contribution in [3.63, 3.8) is 0 Å². The normalized spacial score (nSPS) is 19.3. The number of carbonyl (C=O) groups excluding carboxylic acids is 1. The van der Waals surface area contributed by atoms with Crippen molar-refractivity contribution in [1.82, 2.24) is 10.2 Å². The summed E-state index contributed by atoms with van der Waals surface area (Å²) in [5.41, 5.74) is 6.70. The van der Waals surface area contributed by atoms with Crippen LogP contribution in [0.5, 0.6) is 5.75 Å². The molecule has 1 heterocycles. The van der Waals surface area contributed by atoms with Crippen molar-refractivity contribution in [2.45, 2.75) is 52.0 Å². The lowest BCUT2D eigenvalue weighted by Gasteiger charge is -2.33. The topological polar surface area (TPSA) is 80.0 Å². The number of benzene rings is 1. The molecule has 0 radical (unpaired) electrons. The van der Waals surface area contributed by atoms with Crippen LogP contribution in [0.15, 0.2) is 29.3 Å². The number of hydrogen-bond acceptors (Lipinski definition) is 3. The molecule has 3 N–H and O–H groups in total. The molecule has 0 aromatic heterocycles. The van der Waals surface area contributed by atoms with Gasteiger partial charge in [-0.05, 0) is 49.3 Å². The summed E-state index contributed by atoms with van der Waals surface area (Å²) in [5.74, 6) is 1.18. The molecule has 1 aromatic rings. The molecule has 0 unspecified atom stereocenters. The van der Waals surface area contributed by atoms with E-state index in [0.29, 0.717) is 17.7 Å². The van der Waals surface area contributed by atoms with Gasteiger partial charge in [0.1, 0.15) is 5.75 Å². The fraction of sp³-hybridized carbons (Fsp3) is 0.619. The van der Waals surface area contributed by atoms with E-state index in [2.05, 4.69) is 17.1 Å². The summed E-state index contributed by atoms with van der Waals surface area (Å²) in [6.07, 6.45) is 8.15. The fourth-order valence-corrected chi connectivity index (χ4v) is 4.31. The first-order chi connectivity index (χ1) is 13.1. The second-order valence-corrected chi connectivity index (χ2v) is 7.80. The van der Waals surface area contributed by atoms with Crippen molar-refractivity contribution < 1.29 is 9.53 Å². The van der Waals surface area contributed by atoms with E-state index >= 15 is 0 Å². The Morgan fingerprint density at radius 1 is 1.30 bits per heavy atom. The van der Waals surface area contributed by atoms with Crippen molar-refractivity contribution in [2.75, 3.05) is 26.2 Å². The maximum Gasteiger partial charge on any atom is 0.255 e. The van der Waals surface area contributed by atoms with Gasteiger partial charge in [-0.25, -0.2) is 4.99 Å². The summed E-state index contributed by atoms with van der Waals surface area (Å²) in [5, 5.41) is 3.45. The Labute approximate surface area is 162 Å². The number of primary amides is 1. The molecular weight excluding hydrogens is 340 g/mol. The third-order valence-corrected chi connectivity index (χ3v) is 5.68. The minimum atomic E-state index is -0.474. The molecule has 0 atom stereocenters. The number of nitrogens with zero attached hydrogens (tertiary/aromatic N) is 2. The number of amides is 1. The summed E-state index contributed by atoms with van der Waals surface area (Å²) in [6.45, 7) is 5.67. The van der Waals surface area contributed by atoms with Crippen LogP contribution in [0.25, 0.3) is 0 Å². The fourth-order valence-electron chi connectivity index (χ4n) is 4.31. The molecule has 1 saturated heterocycles. The van der Waals surface area contributed by atoms with Crippen molar-refractivity contribution >= 4 is 11.9 Å². The number of carbonyl (C=O) groups is 1. The lowest BCUT2D eigenvalue weighted by Crippen LogP contribution is -2.41. The Hall–Kier alpha value is -2.24. The highest BCUT2D eigenvalue weighted by Crippen LogP contribution is 2.43. The summed E-state index contributed by atoms with van der Waals surface area (Å²) in [4.78, 5) is 18.2. The molecular formula is C21H32N4O2. The summed E-state index contributed by atoms with van der Waals surface area (Å²) >= 11 is 0. The minimum Gasteiger partial charge on any atom is -0.484 e. The van der Waals surface area contributed by atoms with Crippen molar-refractivity contribution in [3.05, 3.63) is 29.8 Å². The Morgan fingerprint density at radius 2 is 2.11 bits per heavy atom. The predicted octanol–water partition coefficient (Wildman–Crippen LogP) is 2.67. The highest BCUT2D eigenvalue weighted by Gasteiger charge is 2.39. The zero-order valence-electron chi connectivity index (χ0n) is 16.4. The van der Waals surface area contributed by atoms with Gasteiger partial charge in [-0.3, -0.25) is 4.79 Å². The smallest absolute Gasteiger partial charge is 0.255 e. The van der Waals surface area contributed by atoms with E-state index in [0.717, 1.165) is 31.2 Å². The Morgan fingerprint density at radius 3 is 2.85 bits per heavy atom. The van der Waals surface area contributed by atoms with Gasteiger partial charge in [0, 0.05) is 19.6 Å². The molecule has 6 heteroatoms. The standard InChI is InChI=1S/C21H32N4O2/c1-2-23-20(25-12-11-21(16-25)9-4-3-5-10-21)24-14-17-7-6-8-18(13-17)27-15-19(22)26/h6-8,13H,2-5,9-12,14-16H2,1H3,(H2,22,26)(H,23,24). The van der Waals surface area contributed by atoms with Crippen LogP contribution in [-0.2, 0) is 11.3 Å². The van der Waals surface area contributed by atoms with Crippen molar-refractivity contribution in [3.8, 4) is 5.75 Å². The molecule has 1 aliphatic carbocycles. The molecule has 1 saturated carbocycles. The molecule has 3 rings (SSSR count). The Balaban J connectivity index is 1.64. The number of aliphatic imine (C=N–C) groups is 1. The molecule has 2 fully saturated rings. The van der Waals surface area contributed by atoms with Crippen LogP contribution in [0.1, 0.15) is 51.0 Å². The van der Waals surface area contributed by atoms with Crippen LogP contribution in [0, 0.1) is 5.41 Å². The van der Waals surface area contributed by atoms with Gasteiger partial charge in [0.05, 0.1) is 6.54 Å². The molecule has 1 amide bonds. The lowest BCUT2D eigenvalue weighted by atomic mass is 9.73. The van der Waals surface area contributed by atoms with Gasteiger partial charge in [-0.15, -0.1) is 0 Å². The SMILES string of the molecule is CCNC(=NCc1cccc(OCC(N)=O)c1)N1CCC2(CCCCC2)C1. The van der Waals surface area contributed by atoms with Gasteiger partial charge in [-0.2, -0.15) is 0 Å². The molecule has 6 nitrogen and oxygen atoms in total. The molecule has 27 heavy (non-hydrogen) atoms. The number of nitrogens with two attached hydrogens (primary N) is 1.